The maximum absolute atomic E-state index is 14.4. The van der Waals surface area contributed by atoms with Gasteiger partial charge in [-0.1, -0.05) is 19.1 Å². The molecule has 13 nitrogen and oxygen atoms in total. The van der Waals surface area contributed by atoms with Crippen molar-refractivity contribution in [2.45, 2.75) is 51.5 Å². The molecule has 1 fully saturated rings. The first-order valence-electron chi connectivity index (χ1n) is 19.5. The van der Waals surface area contributed by atoms with Crippen LogP contribution >= 0.6 is 0 Å². The topological polar surface area (TPSA) is 139 Å². The van der Waals surface area contributed by atoms with Crippen molar-refractivity contribution >= 4 is 34.0 Å². The van der Waals surface area contributed by atoms with Gasteiger partial charge in [0.2, 0.25) is 11.6 Å². The smallest absolute Gasteiger partial charge is 0.280 e. The summed E-state index contributed by atoms with van der Waals surface area (Å²) in [6.45, 7) is 2.81. The highest BCUT2D eigenvalue weighted by atomic mass is 19.3. The number of alkyl halides is 6. The number of pyridine rings is 4. The van der Waals surface area contributed by atoms with Crippen molar-refractivity contribution in [3.63, 3.8) is 0 Å². The Hall–Kier alpha value is -7.16. The monoisotopic (exact) mass is 873 g/mol. The summed E-state index contributed by atoms with van der Waals surface area (Å²) in [5, 5.41) is 14.7. The van der Waals surface area contributed by atoms with Gasteiger partial charge in [-0.15, -0.1) is 10.2 Å². The van der Waals surface area contributed by atoms with E-state index in [4.69, 9.17) is 0 Å². The number of aromatic nitrogens is 10. The van der Waals surface area contributed by atoms with E-state index in [1.165, 1.54) is 59.4 Å². The van der Waals surface area contributed by atoms with Gasteiger partial charge >= 0.3 is 0 Å². The Morgan fingerprint density at radius 2 is 1.11 bits per heavy atom. The molecule has 9 rings (SSSR count). The number of hydrogen-bond donors (Lipinski definition) is 2. The Kier molecular flexibility index (Phi) is 12.2. The summed E-state index contributed by atoms with van der Waals surface area (Å²) in [4.78, 5) is 26.2. The molecule has 0 amide bonds. The van der Waals surface area contributed by atoms with E-state index < -0.39 is 36.1 Å². The summed E-state index contributed by atoms with van der Waals surface area (Å²) in [5.41, 5.74) is 2.71. The molecule has 0 radical (unpaired) electrons. The lowest BCUT2D eigenvalue weighted by Gasteiger charge is -2.31. The summed E-state index contributed by atoms with van der Waals surface area (Å²) >= 11 is 0. The first-order valence-corrected chi connectivity index (χ1v) is 19.5. The molecule has 1 saturated heterocycles. The van der Waals surface area contributed by atoms with Crippen LogP contribution in [0.1, 0.15) is 55.1 Å². The van der Waals surface area contributed by atoms with E-state index in [9.17, 15) is 35.1 Å². The normalized spacial score (nSPS) is 14.0. The molecule has 1 aliphatic heterocycles. The van der Waals surface area contributed by atoms with Crippen molar-refractivity contribution in [1.29, 1.82) is 0 Å². The number of anilines is 4. The van der Waals surface area contributed by atoms with Gasteiger partial charge in [-0.25, -0.2) is 64.1 Å². The molecule has 0 saturated carbocycles. The fourth-order valence-electron chi connectivity index (χ4n) is 6.86. The Morgan fingerprint density at radius 3 is 1.57 bits per heavy atom. The van der Waals surface area contributed by atoms with E-state index in [-0.39, 0.29) is 71.9 Å². The predicted octanol–water partition coefficient (Wildman–Crippen LogP) is 9.81. The van der Waals surface area contributed by atoms with Crippen LogP contribution in [0.25, 0.3) is 34.1 Å². The number of halogens is 8. The van der Waals surface area contributed by atoms with Gasteiger partial charge in [-0.05, 0) is 66.1 Å². The molecular formula is C42H35F8N13. The van der Waals surface area contributed by atoms with E-state index in [1.54, 1.807) is 29.0 Å². The zero-order valence-corrected chi connectivity index (χ0v) is 33.1. The second-order valence-electron chi connectivity index (χ2n) is 14.3. The zero-order chi connectivity index (χ0) is 44.3. The maximum atomic E-state index is 14.4. The van der Waals surface area contributed by atoms with Crippen molar-refractivity contribution in [1.82, 2.24) is 54.0 Å². The van der Waals surface area contributed by atoms with Gasteiger partial charge in [0.1, 0.15) is 33.8 Å². The minimum atomic E-state index is -2.77. The number of fused-ring (bicyclic) bond motifs is 2. The van der Waals surface area contributed by atoms with Gasteiger partial charge < -0.3 is 10.6 Å². The molecule has 0 spiro atoms. The fraction of sp³-hybridized carbons (Fsp3) is 0.238. The minimum absolute atomic E-state index is 0.0525. The number of piperidine rings is 1. The van der Waals surface area contributed by atoms with Gasteiger partial charge in [0, 0.05) is 57.3 Å². The van der Waals surface area contributed by atoms with Gasteiger partial charge in [0.25, 0.3) is 18.8 Å². The molecule has 8 aromatic heterocycles. The minimum Gasteiger partial charge on any atom is -0.336 e. The van der Waals surface area contributed by atoms with Gasteiger partial charge in [0.15, 0.2) is 23.3 Å². The molecule has 21 heteroatoms. The van der Waals surface area contributed by atoms with Crippen LogP contribution in [0.5, 0.6) is 0 Å². The van der Waals surface area contributed by atoms with Crippen molar-refractivity contribution in [2.75, 3.05) is 23.7 Å². The van der Waals surface area contributed by atoms with Crippen molar-refractivity contribution in [2.24, 2.45) is 0 Å². The zero-order valence-electron chi connectivity index (χ0n) is 33.1. The second-order valence-corrected chi connectivity index (χ2v) is 14.3. The highest BCUT2D eigenvalue weighted by Gasteiger charge is 2.34. The molecule has 8 aromatic rings. The van der Waals surface area contributed by atoms with Crippen LogP contribution in [0.4, 0.5) is 58.1 Å². The van der Waals surface area contributed by atoms with Crippen LogP contribution < -0.4 is 10.6 Å². The quantitative estimate of drug-likeness (QED) is 0.120. The van der Waals surface area contributed by atoms with Crippen LogP contribution in [0.15, 0.2) is 97.8 Å². The predicted molar refractivity (Wildman–Crippen MR) is 216 cm³/mol. The summed E-state index contributed by atoms with van der Waals surface area (Å²) in [6.07, 6.45) is 3.19. The van der Waals surface area contributed by atoms with Crippen molar-refractivity contribution in [3.05, 3.63) is 132 Å². The Morgan fingerprint density at radius 1 is 0.635 bits per heavy atom. The summed E-state index contributed by atoms with van der Waals surface area (Å²) < 4.78 is 111. The lowest BCUT2D eigenvalue weighted by molar-refractivity contribution is -0.0565. The molecule has 63 heavy (non-hydrogen) atoms. The Bertz CT molecular complexity index is 2880. The average Bonchev–Trinajstić information content (AvgIpc) is 3.90. The molecule has 0 aliphatic carbocycles. The molecule has 0 aromatic carbocycles. The van der Waals surface area contributed by atoms with E-state index in [2.05, 4.69) is 50.7 Å². The highest BCUT2D eigenvalue weighted by Crippen LogP contribution is 2.33. The summed E-state index contributed by atoms with van der Waals surface area (Å²) in [6, 6.07) is 15.0. The van der Waals surface area contributed by atoms with Crippen LogP contribution in [0.2, 0.25) is 0 Å². The van der Waals surface area contributed by atoms with Crippen molar-refractivity contribution in [3.8, 4) is 23.0 Å². The molecule has 1 aliphatic rings. The third-order valence-electron chi connectivity index (χ3n) is 10.0. The molecule has 0 atom stereocenters. The molecule has 324 valence electrons. The third kappa shape index (κ3) is 9.52. The Labute approximate surface area is 352 Å². The van der Waals surface area contributed by atoms with Crippen LogP contribution in [-0.4, -0.2) is 73.0 Å². The molecule has 0 unspecified atom stereocenters. The van der Waals surface area contributed by atoms with Gasteiger partial charge in [-0.3, -0.25) is 14.9 Å². The lowest BCUT2D eigenvalue weighted by atomic mass is 10.1. The van der Waals surface area contributed by atoms with E-state index in [0.717, 1.165) is 23.5 Å². The van der Waals surface area contributed by atoms with Crippen molar-refractivity contribution < 1.29 is 35.1 Å². The van der Waals surface area contributed by atoms with Crippen LogP contribution in [-0.2, 0) is 13.0 Å². The van der Waals surface area contributed by atoms with E-state index in [1.807, 2.05) is 17.9 Å². The molecular weight excluding hydrogens is 839 g/mol. The number of nitrogens with zero attached hydrogens (tertiary/aromatic N) is 11. The fourth-order valence-corrected chi connectivity index (χ4v) is 6.86. The van der Waals surface area contributed by atoms with Gasteiger partial charge in [-0.2, -0.15) is 0 Å². The van der Waals surface area contributed by atoms with E-state index >= 15 is 0 Å². The first-order chi connectivity index (χ1) is 30.4. The number of likely N-dealkylation sites (tertiary alicyclic amines) is 1. The lowest BCUT2D eigenvalue weighted by Crippen LogP contribution is -2.38. The maximum Gasteiger partial charge on any atom is 0.280 e. The highest BCUT2D eigenvalue weighted by molar-refractivity contribution is 5.79. The Balaban J connectivity index is 0.000000177. The first kappa shape index (κ1) is 42.5. The average molecular weight is 874 g/mol. The molecule has 2 N–H and O–H groups in total. The number of hydrogen-bond acceptors (Lipinski definition) is 11. The largest absolute Gasteiger partial charge is 0.336 e. The molecule has 0 bridgehead atoms. The standard InChI is InChI=1S/C23H20F5N7.C19H15F3N6/c24-15-12-29-8-4-16(15)31-22-19-14(13-34-10-6-23(27,28)7-11-34)5-9-35(19)33-21(32-22)18-3-1-2-17(30-18)20(25)26;1-2-11-7-9-28-16(11)19(25-13-6-8-23-10-12(13)20)26-18(27-28)15-5-3-4-14(24-15)17(21)22/h1-5,8-9,12,20H,6-7,10-11,13H2,(H,29,31,32,33);3-10,17H,2H2,1H3,(H,23,25,26,27). The summed E-state index contributed by atoms with van der Waals surface area (Å²) in [7, 11) is 0. The van der Waals surface area contributed by atoms with Gasteiger partial charge in [0.05, 0.1) is 23.8 Å². The molecule has 9 heterocycles. The number of rotatable bonds is 11. The summed E-state index contributed by atoms with van der Waals surface area (Å²) in [5.74, 6) is -3.06. The number of aryl methyl sites for hydroxylation is 1. The van der Waals surface area contributed by atoms with E-state index in [0.29, 0.717) is 29.8 Å². The SMILES string of the molecule is CCc1ccn2nc(-c3cccc(C(F)F)n3)nc(Nc3ccncc3F)c12.Fc1cnccc1Nc1nc(-c2cccc(C(F)F)n2)nn2ccc(CN3CCC(F)(F)CC3)c12. The third-order valence-corrected chi connectivity index (χ3v) is 10.0. The second kappa shape index (κ2) is 18.1. The number of nitrogens with one attached hydrogen (secondary N) is 2. The van der Waals surface area contributed by atoms with Crippen LogP contribution in [0, 0.1) is 11.6 Å². The van der Waals surface area contributed by atoms with Crippen LogP contribution in [0.3, 0.4) is 0 Å².